The highest BCUT2D eigenvalue weighted by Crippen LogP contribution is 2.35. The quantitative estimate of drug-likeness (QED) is 0.805. The van der Waals surface area contributed by atoms with Gasteiger partial charge in [-0.3, -0.25) is 9.32 Å². The van der Waals surface area contributed by atoms with Crippen LogP contribution in [0.5, 0.6) is 5.75 Å². The molecule has 4 nitrogen and oxygen atoms in total. The Bertz CT molecular complexity index is 401. The second-order valence-corrected chi connectivity index (χ2v) is 4.51. The topological polar surface area (TPSA) is 63.6 Å². The van der Waals surface area contributed by atoms with E-state index in [0.717, 1.165) is 5.56 Å². The summed E-state index contributed by atoms with van der Waals surface area (Å²) in [5, 5.41) is 8.83. The van der Waals surface area contributed by atoms with Gasteiger partial charge in [-0.25, -0.2) is 0 Å². The molecule has 0 radical (unpaired) electrons. The summed E-state index contributed by atoms with van der Waals surface area (Å²) >= 11 is 0. The highest BCUT2D eigenvalue weighted by Gasteiger charge is 2.28. The molecule has 0 fully saturated rings. The van der Waals surface area contributed by atoms with Crippen molar-refractivity contribution in [2.75, 3.05) is 0 Å². The van der Waals surface area contributed by atoms with E-state index < -0.39 is 20.1 Å². The van der Waals surface area contributed by atoms with E-state index in [1.807, 2.05) is 13.8 Å². The second-order valence-electron chi connectivity index (χ2n) is 4.14. The molecule has 0 spiro atoms. The highest BCUT2D eigenvalue weighted by atomic mass is 31.1. The summed E-state index contributed by atoms with van der Waals surface area (Å²) in [6.45, 7) is 3.63. The third kappa shape index (κ3) is 3.04. The first-order valence-corrected chi connectivity index (χ1v) is 5.64. The summed E-state index contributed by atoms with van der Waals surface area (Å²) in [6, 6.07) is 7.04. The average Bonchev–Trinajstić information content (AvgIpc) is 2.17. The molecule has 0 aliphatic heterocycles. The molecule has 1 unspecified atom stereocenters. The molecule has 1 atom stereocenters. The zero-order chi connectivity index (χ0) is 12.2. The van der Waals surface area contributed by atoms with Gasteiger partial charge in [-0.05, 0) is 10.6 Å². The molecule has 1 rings (SSSR count). The van der Waals surface area contributed by atoms with Crippen molar-refractivity contribution in [2.24, 2.45) is 0 Å². The second kappa shape index (κ2) is 5.08. The van der Waals surface area contributed by atoms with Crippen molar-refractivity contribution in [3.05, 3.63) is 29.8 Å². The lowest BCUT2D eigenvalue weighted by Crippen LogP contribution is -2.22. The summed E-state index contributed by atoms with van der Waals surface area (Å²) in [5.41, 5.74) is 0.197. The number of carboxylic acids is 1. The van der Waals surface area contributed by atoms with Crippen molar-refractivity contribution in [2.45, 2.75) is 25.7 Å². The first-order chi connectivity index (χ1) is 7.47. The van der Waals surface area contributed by atoms with Crippen LogP contribution in [0.15, 0.2) is 24.3 Å². The molecule has 1 aromatic rings. The molecule has 1 aromatic carbocycles. The maximum atomic E-state index is 10.8. The summed E-state index contributed by atoms with van der Waals surface area (Å²) < 4.78 is 15.5. The number of carboxylic acid groups (broad SMARTS) is 1. The Hall–Kier alpha value is -1.41. The van der Waals surface area contributed by atoms with Gasteiger partial charge in [-0.1, -0.05) is 32.0 Å². The third-order valence-corrected chi connectivity index (χ3v) is 2.66. The zero-order valence-electron chi connectivity index (χ0n) is 9.19. The van der Waals surface area contributed by atoms with Crippen LogP contribution in [0, 0.1) is 0 Å². The first kappa shape index (κ1) is 12.7. The molecule has 0 saturated carbocycles. The fraction of sp³-hybridized carbons (Fsp3) is 0.364. The molecule has 1 N–H and O–H groups in total. The van der Waals surface area contributed by atoms with Crippen LogP contribution in [0.3, 0.4) is 0 Å². The zero-order valence-corrected chi connectivity index (χ0v) is 10.2. The van der Waals surface area contributed by atoms with Crippen LogP contribution in [-0.4, -0.2) is 11.1 Å². The van der Waals surface area contributed by atoms with Crippen molar-refractivity contribution in [1.29, 1.82) is 0 Å². The number of rotatable bonds is 5. The van der Waals surface area contributed by atoms with E-state index in [2.05, 4.69) is 0 Å². The van der Waals surface area contributed by atoms with Crippen molar-refractivity contribution < 1.29 is 19.0 Å². The normalized spacial score (nSPS) is 11.4. The Morgan fingerprint density at radius 1 is 1.44 bits per heavy atom. The average molecular weight is 241 g/mol. The lowest BCUT2D eigenvalue weighted by molar-refractivity contribution is -0.138. The maximum absolute atomic E-state index is 10.8. The largest absolute Gasteiger partial charge is 0.542 e. The number of benzene rings is 1. The van der Waals surface area contributed by atoms with Gasteiger partial charge in [0.25, 0.3) is 0 Å². The van der Waals surface area contributed by atoms with Gasteiger partial charge in [0.2, 0.25) is 0 Å². The molecule has 0 aliphatic carbocycles. The predicted octanol–water partition coefficient (Wildman–Crippen LogP) is 2.76. The minimum Gasteiger partial charge on any atom is -0.481 e. The Balaban J connectivity index is 3.09. The van der Waals surface area contributed by atoms with Crippen LogP contribution in [0.4, 0.5) is 0 Å². The summed E-state index contributed by atoms with van der Waals surface area (Å²) in [5.74, 6) is -0.397. The van der Waals surface area contributed by atoms with Crippen LogP contribution in [-0.2, 0) is 14.8 Å². The monoisotopic (exact) mass is 241 g/mol. The molecule has 16 heavy (non-hydrogen) atoms. The van der Waals surface area contributed by atoms with Gasteiger partial charge >= 0.3 is 14.7 Å². The molecule has 0 saturated heterocycles. The predicted molar refractivity (Wildman–Crippen MR) is 61.4 cm³/mol. The number of hydrogen-bond acceptors (Lipinski definition) is 3. The van der Waals surface area contributed by atoms with Crippen LogP contribution in [0.2, 0.25) is 0 Å². The van der Waals surface area contributed by atoms with Gasteiger partial charge in [0, 0.05) is 11.0 Å². The fourth-order valence-electron chi connectivity index (χ4n) is 1.63. The van der Waals surface area contributed by atoms with Crippen LogP contribution >= 0.6 is 8.69 Å². The molecule has 0 amide bonds. The van der Waals surface area contributed by atoms with E-state index in [-0.39, 0.29) is 6.42 Å². The molecule has 0 heterocycles. The van der Waals surface area contributed by atoms with Gasteiger partial charge < -0.3 is 5.11 Å². The Kier molecular flexibility index (Phi) is 4.02. The molecule has 86 valence electrons. The molecule has 0 bridgehead atoms. The standard InChI is InChI=1S/C11H13O4P/c1-11(2,7-10(12)13)8-5-3-4-6-9(8)15-16-14/h3-6,16H,7H2,1-2H3/p+1. The number of carbonyl (C=O) groups is 1. The van der Waals surface area contributed by atoms with E-state index in [9.17, 15) is 9.36 Å². The van der Waals surface area contributed by atoms with Gasteiger partial charge in [-0.2, -0.15) is 0 Å². The smallest absolute Gasteiger partial charge is 0.481 e. The third-order valence-electron chi connectivity index (χ3n) is 2.36. The van der Waals surface area contributed by atoms with Gasteiger partial charge in [-0.15, -0.1) is 0 Å². The maximum Gasteiger partial charge on any atom is 0.542 e. The highest BCUT2D eigenvalue weighted by molar-refractivity contribution is 7.17. The Labute approximate surface area is 95.5 Å². The molecular formula is C11H14O4P+. The van der Waals surface area contributed by atoms with Crippen LogP contribution in [0.25, 0.3) is 0 Å². The van der Waals surface area contributed by atoms with E-state index in [1.165, 1.54) is 0 Å². The van der Waals surface area contributed by atoms with Gasteiger partial charge in [0.15, 0.2) is 5.75 Å². The van der Waals surface area contributed by atoms with Crippen molar-refractivity contribution >= 4 is 14.7 Å². The van der Waals surface area contributed by atoms with E-state index in [4.69, 9.17) is 9.63 Å². The van der Waals surface area contributed by atoms with Gasteiger partial charge in [0.05, 0.1) is 6.42 Å². The summed E-state index contributed by atoms with van der Waals surface area (Å²) in [7, 11) is -0.891. The SMILES string of the molecule is CC(C)(CC(=O)O)c1ccccc1O[PH+]=O. The van der Waals surface area contributed by atoms with Gasteiger partial charge in [0.1, 0.15) is 0 Å². The van der Waals surface area contributed by atoms with Crippen LogP contribution in [0.1, 0.15) is 25.8 Å². The molecule has 5 heteroatoms. The van der Waals surface area contributed by atoms with E-state index >= 15 is 0 Å². The number of aliphatic carboxylic acids is 1. The fourth-order valence-corrected chi connectivity index (χ4v) is 1.90. The Morgan fingerprint density at radius 2 is 2.06 bits per heavy atom. The van der Waals surface area contributed by atoms with Crippen molar-refractivity contribution in [1.82, 2.24) is 0 Å². The Morgan fingerprint density at radius 3 is 2.62 bits per heavy atom. The minimum absolute atomic E-state index is 0.00462. The summed E-state index contributed by atoms with van der Waals surface area (Å²) in [6.07, 6.45) is -0.00462. The first-order valence-electron chi connectivity index (χ1n) is 4.82. The van der Waals surface area contributed by atoms with E-state index in [0.29, 0.717) is 5.75 Å². The molecule has 0 aliphatic rings. The molecular weight excluding hydrogens is 227 g/mol. The lowest BCUT2D eigenvalue weighted by atomic mass is 9.81. The van der Waals surface area contributed by atoms with Crippen molar-refractivity contribution in [3.63, 3.8) is 0 Å². The minimum atomic E-state index is -0.891. The van der Waals surface area contributed by atoms with E-state index in [1.54, 1.807) is 24.3 Å². The molecule has 0 aromatic heterocycles. The lowest BCUT2D eigenvalue weighted by Gasteiger charge is -2.23. The number of para-hydroxylation sites is 1. The number of hydrogen-bond donors (Lipinski definition) is 1. The summed E-state index contributed by atoms with van der Waals surface area (Å²) in [4.78, 5) is 10.8. The van der Waals surface area contributed by atoms with Crippen LogP contribution < -0.4 is 4.52 Å². The van der Waals surface area contributed by atoms with Crippen molar-refractivity contribution in [3.8, 4) is 5.75 Å².